The van der Waals surface area contributed by atoms with E-state index in [4.69, 9.17) is 15.2 Å². The Hall–Kier alpha value is -1.91. The number of aliphatic imine (C=N–C) groups is 1. The standard InChI is InChI=1S/C13H19N3O2/c1-13(2,3)16-12(14)15-7-9-4-5-10-11(6-9)18-8-17-10/h4-6H,7-8H2,1-3H3,(H3,14,15,16). The molecule has 18 heavy (non-hydrogen) atoms. The molecule has 1 aromatic carbocycles. The van der Waals surface area contributed by atoms with Crippen molar-refractivity contribution in [1.82, 2.24) is 5.32 Å². The summed E-state index contributed by atoms with van der Waals surface area (Å²) in [7, 11) is 0. The van der Waals surface area contributed by atoms with Crippen LogP contribution in [0, 0.1) is 0 Å². The number of hydrogen-bond acceptors (Lipinski definition) is 3. The number of nitrogens with one attached hydrogen (secondary N) is 1. The Labute approximate surface area is 107 Å². The molecule has 0 radical (unpaired) electrons. The van der Waals surface area contributed by atoms with Gasteiger partial charge in [0.1, 0.15) is 0 Å². The fourth-order valence-corrected chi connectivity index (χ4v) is 1.64. The average molecular weight is 249 g/mol. The van der Waals surface area contributed by atoms with Crippen LogP contribution in [0.1, 0.15) is 26.3 Å². The van der Waals surface area contributed by atoms with E-state index in [1.54, 1.807) is 0 Å². The van der Waals surface area contributed by atoms with Crippen molar-refractivity contribution in [3.05, 3.63) is 23.8 Å². The van der Waals surface area contributed by atoms with Gasteiger partial charge in [0.2, 0.25) is 6.79 Å². The van der Waals surface area contributed by atoms with E-state index >= 15 is 0 Å². The smallest absolute Gasteiger partial charge is 0.231 e. The summed E-state index contributed by atoms with van der Waals surface area (Å²) < 4.78 is 10.6. The lowest BCUT2D eigenvalue weighted by molar-refractivity contribution is 0.174. The molecule has 98 valence electrons. The van der Waals surface area contributed by atoms with Gasteiger partial charge in [0.25, 0.3) is 0 Å². The molecule has 0 aromatic heterocycles. The minimum Gasteiger partial charge on any atom is -0.454 e. The summed E-state index contributed by atoms with van der Waals surface area (Å²) >= 11 is 0. The van der Waals surface area contributed by atoms with Crippen molar-refractivity contribution in [1.29, 1.82) is 0 Å². The minimum atomic E-state index is -0.0809. The Morgan fingerprint density at radius 1 is 1.33 bits per heavy atom. The van der Waals surface area contributed by atoms with Crippen LogP contribution in [0.15, 0.2) is 23.2 Å². The molecule has 1 aliphatic heterocycles. The molecule has 5 heteroatoms. The highest BCUT2D eigenvalue weighted by molar-refractivity contribution is 5.78. The summed E-state index contributed by atoms with van der Waals surface area (Å²) in [4.78, 5) is 4.29. The van der Waals surface area contributed by atoms with Crippen molar-refractivity contribution in [3.8, 4) is 11.5 Å². The molecule has 2 rings (SSSR count). The van der Waals surface area contributed by atoms with Gasteiger partial charge in [0, 0.05) is 5.54 Å². The zero-order chi connectivity index (χ0) is 13.2. The number of nitrogens with two attached hydrogens (primary N) is 1. The third-order valence-corrected chi connectivity index (χ3v) is 2.37. The molecule has 5 nitrogen and oxygen atoms in total. The fourth-order valence-electron chi connectivity index (χ4n) is 1.64. The van der Waals surface area contributed by atoms with E-state index in [9.17, 15) is 0 Å². The highest BCUT2D eigenvalue weighted by atomic mass is 16.7. The second-order valence-corrected chi connectivity index (χ2v) is 5.26. The summed E-state index contributed by atoms with van der Waals surface area (Å²) in [6.07, 6.45) is 0. The van der Waals surface area contributed by atoms with Gasteiger partial charge in [-0.3, -0.25) is 0 Å². The monoisotopic (exact) mass is 249 g/mol. The van der Waals surface area contributed by atoms with Crippen LogP contribution in [0.4, 0.5) is 0 Å². The van der Waals surface area contributed by atoms with Crippen LogP contribution in [0.5, 0.6) is 11.5 Å². The maximum Gasteiger partial charge on any atom is 0.231 e. The van der Waals surface area contributed by atoms with Gasteiger partial charge < -0.3 is 20.5 Å². The van der Waals surface area contributed by atoms with Crippen molar-refractivity contribution in [2.24, 2.45) is 10.7 Å². The summed E-state index contributed by atoms with van der Waals surface area (Å²) in [5, 5.41) is 3.11. The first-order chi connectivity index (χ1) is 8.44. The zero-order valence-electron chi connectivity index (χ0n) is 11.0. The van der Waals surface area contributed by atoms with Crippen LogP contribution in [-0.2, 0) is 6.54 Å². The molecule has 3 N–H and O–H groups in total. The first kappa shape index (κ1) is 12.5. The molecule has 0 spiro atoms. The van der Waals surface area contributed by atoms with Crippen LogP contribution in [0.3, 0.4) is 0 Å². The Morgan fingerprint density at radius 3 is 2.78 bits per heavy atom. The van der Waals surface area contributed by atoms with Gasteiger partial charge in [-0.1, -0.05) is 6.07 Å². The van der Waals surface area contributed by atoms with Gasteiger partial charge in [-0.25, -0.2) is 4.99 Å². The van der Waals surface area contributed by atoms with Crippen molar-refractivity contribution >= 4 is 5.96 Å². The molecule has 0 saturated carbocycles. The lowest BCUT2D eigenvalue weighted by atomic mass is 10.1. The fraction of sp³-hybridized carbons (Fsp3) is 0.462. The number of nitrogens with zero attached hydrogens (tertiary/aromatic N) is 1. The van der Waals surface area contributed by atoms with Gasteiger partial charge in [-0.05, 0) is 38.5 Å². The van der Waals surface area contributed by atoms with E-state index in [1.165, 1.54) is 0 Å². The number of benzene rings is 1. The van der Waals surface area contributed by atoms with E-state index < -0.39 is 0 Å². The van der Waals surface area contributed by atoms with Gasteiger partial charge in [0.05, 0.1) is 6.54 Å². The number of fused-ring (bicyclic) bond motifs is 1. The van der Waals surface area contributed by atoms with Crippen LogP contribution < -0.4 is 20.5 Å². The van der Waals surface area contributed by atoms with E-state index in [-0.39, 0.29) is 12.3 Å². The Kier molecular flexibility index (Phi) is 3.32. The molecular formula is C13H19N3O2. The molecule has 0 fully saturated rings. The lowest BCUT2D eigenvalue weighted by Crippen LogP contribution is -2.44. The highest BCUT2D eigenvalue weighted by Crippen LogP contribution is 2.32. The molecule has 0 aliphatic carbocycles. The Morgan fingerprint density at radius 2 is 2.06 bits per heavy atom. The first-order valence-electron chi connectivity index (χ1n) is 5.91. The number of ether oxygens (including phenoxy) is 2. The first-order valence-corrected chi connectivity index (χ1v) is 5.91. The van der Waals surface area contributed by atoms with E-state index in [0.29, 0.717) is 12.5 Å². The largest absolute Gasteiger partial charge is 0.454 e. The predicted molar refractivity (Wildman–Crippen MR) is 70.8 cm³/mol. The van der Waals surface area contributed by atoms with Crippen LogP contribution >= 0.6 is 0 Å². The predicted octanol–water partition coefficient (Wildman–Crippen LogP) is 1.62. The molecule has 1 aromatic rings. The van der Waals surface area contributed by atoms with E-state index in [2.05, 4.69) is 10.3 Å². The van der Waals surface area contributed by atoms with Gasteiger partial charge >= 0.3 is 0 Å². The molecule has 1 heterocycles. The topological polar surface area (TPSA) is 68.9 Å². The van der Waals surface area contributed by atoms with Crippen LogP contribution in [0.2, 0.25) is 0 Å². The highest BCUT2D eigenvalue weighted by Gasteiger charge is 2.13. The molecule has 0 amide bonds. The summed E-state index contributed by atoms with van der Waals surface area (Å²) in [5.74, 6) is 1.99. The normalized spacial score (nSPS) is 14.7. The zero-order valence-corrected chi connectivity index (χ0v) is 11.0. The number of hydrogen-bond donors (Lipinski definition) is 2. The Bertz CT molecular complexity index is 464. The van der Waals surface area contributed by atoms with E-state index in [1.807, 2.05) is 39.0 Å². The molecule has 1 aliphatic rings. The third-order valence-electron chi connectivity index (χ3n) is 2.37. The summed E-state index contributed by atoms with van der Waals surface area (Å²) in [5.41, 5.74) is 6.76. The van der Waals surface area contributed by atoms with Crippen molar-refractivity contribution < 1.29 is 9.47 Å². The van der Waals surface area contributed by atoms with Gasteiger partial charge in [0.15, 0.2) is 17.5 Å². The minimum absolute atomic E-state index is 0.0809. The summed E-state index contributed by atoms with van der Waals surface area (Å²) in [6.45, 7) is 6.92. The second-order valence-electron chi connectivity index (χ2n) is 5.26. The van der Waals surface area contributed by atoms with Crippen molar-refractivity contribution in [2.75, 3.05) is 6.79 Å². The molecule has 0 atom stereocenters. The molecule has 0 unspecified atom stereocenters. The van der Waals surface area contributed by atoms with Gasteiger partial charge in [-0.15, -0.1) is 0 Å². The van der Waals surface area contributed by atoms with Crippen LogP contribution in [0.25, 0.3) is 0 Å². The van der Waals surface area contributed by atoms with Crippen molar-refractivity contribution in [3.63, 3.8) is 0 Å². The lowest BCUT2D eigenvalue weighted by Gasteiger charge is -2.20. The summed E-state index contributed by atoms with van der Waals surface area (Å²) in [6, 6.07) is 5.78. The molecule has 0 bridgehead atoms. The average Bonchev–Trinajstić information content (AvgIpc) is 2.71. The SMILES string of the molecule is CC(C)(C)NC(N)=NCc1ccc2c(c1)OCO2. The second kappa shape index (κ2) is 4.76. The van der Waals surface area contributed by atoms with E-state index in [0.717, 1.165) is 17.1 Å². The third kappa shape index (κ3) is 3.29. The van der Waals surface area contributed by atoms with Gasteiger partial charge in [-0.2, -0.15) is 0 Å². The number of guanidine groups is 1. The Balaban J connectivity index is 2.00. The molecular weight excluding hydrogens is 230 g/mol. The maximum atomic E-state index is 5.80. The molecule has 0 saturated heterocycles. The quantitative estimate of drug-likeness (QED) is 0.617. The maximum absolute atomic E-state index is 5.80. The van der Waals surface area contributed by atoms with Crippen molar-refractivity contribution in [2.45, 2.75) is 32.9 Å². The number of rotatable bonds is 2. The van der Waals surface area contributed by atoms with Crippen LogP contribution in [-0.4, -0.2) is 18.3 Å².